The van der Waals surface area contributed by atoms with Gasteiger partial charge in [0, 0.05) is 0 Å². The van der Waals surface area contributed by atoms with Gasteiger partial charge in [-0.2, -0.15) is 0 Å². The molecule has 0 heteroatoms. The number of rotatable bonds is 14. The Bertz CT molecular complexity index is 627. The number of unbranched alkanes of at least 4 members (excludes halogenated alkanes) is 6. The van der Waals surface area contributed by atoms with E-state index in [2.05, 4.69) is 52.0 Å². The summed E-state index contributed by atoms with van der Waals surface area (Å²) in [7, 11) is 0. The lowest BCUT2D eigenvalue weighted by Crippen LogP contribution is -2.29. The minimum atomic E-state index is 0.730. The Morgan fingerprint density at radius 2 is 1.15 bits per heavy atom. The van der Waals surface area contributed by atoms with Crippen molar-refractivity contribution in [3.63, 3.8) is 0 Å². The molecule has 2 fully saturated rings. The second-order valence-electron chi connectivity index (χ2n) is 12.5. The van der Waals surface area contributed by atoms with Crippen LogP contribution in [0.2, 0.25) is 0 Å². The molecule has 0 bridgehead atoms. The first-order valence-electron chi connectivity index (χ1n) is 15.7. The van der Waals surface area contributed by atoms with E-state index in [0.29, 0.717) is 0 Å². The molecule has 2 aliphatic rings. The van der Waals surface area contributed by atoms with Gasteiger partial charge in [0.25, 0.3) is 0 Å². The fraction of sp³-hybridized carbons (Fsp3) is 0.824. The van der Waals surface area contributed by atoms with Crippen molar-refractivity contribution in [1.29, 1.82) is 0 Å². The summed E-state index contributed by atoms with van der Waals surface area (Å²) in [6, 6.07) is 9.77. The van der Waals surface area contributed by atoms with Crippen LogP contribution in [0, 0.1) is 29.6 Å². The van der Waals surface area contributed by atoms with E-state index < -0.39 is 0 Å². The largest absolute Gasteiger partial charge is 0.0654 e. The van der Waals surface area contributed by atoms with E-state index in [1.54, 1.807) is 11.1 Å². The highest BCUT2D eigenvalue weighted by Crippen LogP contribution is 2.45. The van der Waals surface area contributed by atoms with Crippen molar-refractivity contribution in [3.05, 3.63) is 35.4 Å². The zero-order chi connectivity index (χ0) is 24.2. The molecule has 0 radical (unpaired) electrons. The third-order valence-corrected chi connectivity index (χ3v) is 10.2. The lowest BCUT2D eigenvalue weighted by molar-refractivity contribution is 0.118. The van der Waals surface area contributed by atoms with Crippen molar-refractivity contribution in [2.75, 3.05) is 0 Å². The van der Waals surface area contributed by atoms with Crippen molar-refractivity contribution < 1.29 is 0 Å². The number of hydrogen-bond acceptors (Lipinski definition) is 0. The van der Waals surface area contributed by atoms with Gasteiger partial charge in [-0.25, -0.2) is 0 Å². The summed E-state index contributed by atoms with van der Waals surface area (Å²) in [6.07, 6.45) is 26.0. The molecule has 0 heterocycles. The van der Waals surface area contributed by atoms with Crippen molar-refractivity contribution in [3.8, 4) is 0 Å². The van der Waals surface area contributed by atoms with Gasteiger partial charge in [0.1, 0.15) is 0 Å². The highest BCUT2D eigenvalue weighted by molar-refractivity contribution is 5.25. The van der Waals surface area contributed by atoms with Crippen LogP contribution in [0.5, 0.6) is 0 Å². The molecular weight excluding hydrogens is 408 g/mol. The number of hydrogen-bond donors (Lipinski definition) is 0. The van der Waals surface area contributed by atoms with E-state index in [0.717, 1.165) is 35.5 Å². The number of aryl methyl sites for hydroxylation is 1. The summed E-state index contributed by atoms with van der Waals surface area (Å²) in [5.74, 6) is 5.67. The Kier molecular flexibility index (Phi) is 12.6. The van der Waals surface area contributed by atoms with Crippen LogP contribution in [0.15, 0.2) is 24.3 Å². The highest BCUT2D eigenvalue weighted by atomic mass is 14.4. The molecule has 3 rings (SSSR count). The maximum atomic E-state index is 2.62. The fourth-order valence-corrected chi connectivity index (χ4v) is 7.43. The molecule has 2 unspecified atom stereocenters. The molecule has 0 nitrogen and oxygen atoms in total. The maximum Gasteiger partial charge on any atom is -0.0162 e. The Hall–Kier alpha value is -0.780. The Balaban J connectivity index is 1.37. The minimum absolute atomic E-state index is 0.730. The van der Waals surface area contributed by atoms with Crippen molar-refractivity contribution in [2.24, 2.45) is 29.6 Å². The molecule has 0 aromatic heterocycles. The van der Waals surface area contributed by atoms with E-state index in [-0.39, 0.29) is 0 Å². The van der Waals surface area contributed by atoms with Crippen LogP contribution >= 0.6 is 0 Å². The molecule has 194 valence electrons. The zero-order valence-corrected chi connectivity index (χ0v) is 23.5. The van der Waals surface area contributed by atoms with Crippen LogP contribution in [0.25, 0.3) is 0 Å². The van der Waals surface area contributed by atoms with E-state index in [1.807, 2.05) is 0 Å². The SMILES string of the molecule is CCCCCCCc1ccc(C(C)C2CCC(C(C)C3CCC(CCCCC)CC3)CC2)cc1. The molecule has 1 aromatic carbocycles. The van der Waals surface area contributed by atoms with Gasteiger partial charge in [0.15, 0.2) is 0 Å². The average Bonchev–Trinajstić information content (AvgIpc) is 2.89. The summed E-state index contributed by atoms with van der Waals surface area (Å²) in [6.45, 7) is 9.76. The monoisotopic (exact) mass is 466 g/mol. The lowest BCUT2D eigenvalue weighted by Gasteiger charge is -2.40. The summed E-state index contributed by atoms with van der Waals surface area (Å²) in [5.41, 5.74) is 3.14. The quantitative estimate of drug-likeness (QED) is 0.239. The summed E-state index contributed by atoms with van der Waals surface area (Å²) in [5, 5.41) is 0. The molecule has 2 atom stereocenters. The highest BCUT2D eigenvalue weighted by Gasteiger charge is 2.33. The standard InChI is InChI=1S/C34H58/c1-5-7-9-10-12-14-30-17-21-32(22-18-30)28(4)34-25-23-33(24-26-34)27(3)31-19-15-29(16-20-31)13-11-8-6-2/h17-18,21-22,27-29,31,33-34H,5-16,19-20,23-26H2,1-4H3. The van der Waals surface area contributed by atoms with Gasteiger partial charge in [0.05, 0.1) is 0 Å². The first kappa shape index (κ1) is 27.8. The van der Waals surface area contributed by atoms with Gasteiger partial charge in [-0.1, -0.05) is 116 Å². The smallest absolute Gasteiger partial charge is 0.0162 e. The third-order valence-electron chi connectivity index (χ3n) is 10.2. The second kappa shape index (κ2) is 15.4. The Morgan fingerprint density at radius 1 is 0.618 bits per heavy atom. The maximum absolute atomic E-state index is 2.62. The Morgan fingerprint density at radius 3 is 1.76 bits per heavy atom. The van der Waals surface area contributed by atoms with Gasteiger partial charge in [0.2, 0.25) is 0 Å². The van der Waals surface area contributed by atoms with Crippen LogP contribution in [0.4, 0.5) is 0 Å². The normalized spacial score (nSPS) is 27.4. The molecule has 1 aromatic rings. The van der Waals surface area contributed by atoms with Crippen molar-refractivity contribution >= 4 is 0 Å². The molecule has 0 amide bonds. The van der Waals surface area contributed by atoms with Gasteiger partial charge < -0.3 is 0 Å². The molecule has 34 heavy (non-hydrogen) atoms. The van der Waals surface area contributed by atoms with E-state index in [9.17, 15) is 0 Å². The fourth-order valence-electron chi connectivity index (χ4n) is 7.43. The van der Waals surface area contributed by atoms with Crippen LogP contribution in [0.1, 0.15) is 154 Å². The first-order valence-corrected chi connectivity index (χ1v) is 15.7. The molecule has 0 aliphatic heterocycles. The third kappa shape index (κ3) is 8.71. The van der Waals surface area contributed by atoms with Crippen LogP contribution < -0.4 is 0 Å². The molecular formula is C34H58. The van der Waals surface area contributed by atoms with Crippen LogP contribution in [-0.4, -0.2) is 0 Å². The molecule has 0 spiro atoms. The molecule has 2 aliphatic carbocycles. The van der Waals surface area contributed by atoms with Gasteiger partial charge in [-0.05, 0) is 98.0 Å². The molecule has 0 saturated heterocycles. The van der Waals surface area contributed by atoms with Gasteiger partial charge >= 0.3 is 0 Å². The van der Waals surface area contributed by atoms with Crippen molar-refractivity contribution in [1.82, 2.24) is 0 Å². The molecule has 2 saturated carbocycles. The number of benzene rings is 1. The summed E-state index contributed by atoms with van der Waals surface area (Å²) in [4.78, 5) is 0. The average molecular weight is 467 g/mol. The topological polar surface area (TPSA) is 0 Å². The van der Waals surface area contributed by atoms with Gasteiger partial charge in [-0.3, -0.25) is 0 Å². The molecule has 0 N–H and O–H groups in total. The van der Waals surface area contributed by atoms with Crippen LogP contribution in [0.3, 0.4) is 0 Å². The summed E-state index contributed by atoms with van der Waals surface area (Å²) < 4.78 is 0. The zero-order valence-electron chi connectivity index (χ0n) is 23.5. The summed E-state index contributed by atoms with van der Waals surface area (Å²) >= 11 is 0. The first-order chi connectivity index (χ1) is 16.6. The second-order valence-corrected chi connectivity index (χ2v) is 12.5. The predicted molar refractivity (Wildman–Crippen MR) is 152 cm³/mol. The Labute approximate surface area is 214 Å². The van der Waals surface area contributed by atoms with Crippen LogP contribution in [-0.2, 0) is 6.42 Å². The van der Waals surface area contributed by atoms with Gasteiger partial charge in [-0.15, -0.1) is 0 Å². The van der Waals surface area contributed by atoms with E-state index in [4.69, 9.17) is 0 Å². The van der Waals surface area contributed by atoms with Crippen molar-refractivity contribution in [2.45, 2.75) is 149 Å². The van der Waals surface area contributed by atoms with E-state index in [1.165, 1.54) is 116 Å². The predicted octanol–water partition coefficient (Wildman–Crippen LogP) is 11.1. The minimum Gasteiger partial charge on any atom is -0.0654 e. The van der Waals surface area contributed by atoms with E-state index >= 15 is 0 Å². The lowest BCUT2D eigenvalue weighted by atomic mass is 9.65.